The van der Waals surface area contributed by atoms with Crippen LogP contribution in [0, 0.1) is 0 Å². The summed E-state index contributed by atoms with van der Waals surface area (Å²) in [5, 5.41) is 24.1. The molecule has 1 heterocycles. The summed E-state index contributed by atoms with van der Waals surface area (Å²) in [6.07, 6.45) is -0.356. The molecule has 0 saturated carbocycles. The van der Waals surface area contributed by atoms with Crippen LogP contribution in [0.25, 0.3) is 0 Å². The van der Waals surface area contributed by atoms with Crippen molar-refractivity contribution in [1.82, 2.24) is 10.4 Å². The van der Waals surface area contributed by atoms with Crippen LogP contribution in [0.2, 0.25) is 0 Å². The van der Waals surface area contributed by atoms with Crippen LogP contribution in [-0.4, -0.2) is 45.5 Å². The van der Waals surface area contributed by atoms with Gasteiger partial charge in [0.1, 0.15) is 12.1 Å². The first-order valence-corrected chi connectivity index (χ1v) is 6.63. The first-order valence-electron chi connectivity index (χ1n) is 6.63. The fourth-order valence-corrected chi connectivity index (χ4v) is 2.68. The van der Waals surface area contributed by atoms with Crippen molar-refractivity contribution in [2.75, 3.05) is 0 Å². The van der Waals surface area contributed by atoms with Crippen molar-refractivity contribution in [3.05, 3.63) is 0 Å². The average molecular weight is 287 g/mol. The molecule has 1 atom stereocenters. The molecule has 1 aliphatic heterocycles. The Morgan fingerprint density at radius 3 is 2.10 bits per heavy atom. The van der Waals surface area contributed by atoms with Crippen LogP contribution in [0.1, 0.15) is 47.5 Å². The number of carboxylic acids is 1. The van der Waals surface area contributed by atoms with E-state index in [1.54, 1.807) is 27.7 Å². The molecule has 1 amide bonds. The molecule has 0 aliphatic carbocycles. The predicted octanol–water partition coefficient (Wildman–Crippen LogP) is 1.55. The summed E-state index contributed by atoms with van der Waals surface area (Å²) < 4.78 is 5.25. The fourth-order valence-electron chi connectivity index (χ4n) is 2.68. The first-order chi connectivity index (χ1) is 8.95. The molecular weight excluding hydrogens is 264 g/mol. The molecule has 0 aromatic rings. The zero-order valence-electron chi connectivity index (χ0n) is 12.6. The molecule has 0 aromatic heterocycles. The maximum atomic E-state index is 12.1. The molecule has 7 heteroatoms. The molecule has 115 valence electrons. The van der Waals surface area contributed by atoms with Gasteiger partial charge in [0.15, 0.2) is 0 Å². The third-order valence-electron chi connectivity index (χ3n) is 3.53. The van der Waals surface area contributed by atoms with E-state index in [0.717, 1.165) is 5.06 Å². The number of ether oxygens (including phenoxy) is 1. The van der Waals surface area contributed by atoms with Crippen LogP contribution < -0.4 is 5.32 Å². The minimum atomic E-state index is -1.13. The lowest BCUT2D eigenvalue weighted by atomic mass is 9.80. The highest BCUT2D eigenvalue weighted by Crippen LogP contribution is 2.38. The zero-order chi connectivity index (χ0) is 15.7. The number of nitrogens with one attached hydrogen (secondary N) is 1. The molecule has 1 radical (unpaired) electrons. The highest BCUT2D eigenvalue weighted by molar-refractivity contribution is 5.79. The van der Waals surface area contributed by atoms with E-state index >= 15 is 0 Å². The number of aliphatic carboxylic acids is 1. The lowest BCUT2D eigenvalue weighted by Gasteiger charge is -2.49. The molecule has 0 unspecified atom stereocenters. The quantitative estimate of drug-likeness (QED) is 0.820. The van der Waals surface area contributed by atoms with E-state index in [4.69, 9.17) is 9.84 Å². The molecule has 7 nitrogen and oxygen atoms in total. The third-order valence-corrected chi connectivity index (χ3v) is 3.53. The van der Waals surface area contributed by atoms with Crippen LogP contribution in [0.4, 0.5) is 4.79 Å². The van der Waals surface area contributed by atoms with Crippen molar-refractivity contribution in [3.8, 4) is 0 Å². The Morgan fingerprint density at radius 2 is 1.70 bits per heavy atom. The number of carbonyl (C=O) groups excluding carboxylic acids is 1. The van der Waals surface area contributed by atoms with Crippen molar-refractivity contribution < 1.29 is 24.6 Å². The van der Waals surface area contributed by atoms with Gasteiger partial charge in [-0.2, -0.15) is 0 Å². The Kier molecular flexibility index (Phi) is 4.66. The van der Waals surface area contributed by atoms with Gasteiger partial charge in [-0.15, -0.1) is 10.3 Å². The van der Waals surface area contributed by atoms with E-state index in [1.165, 1.54) is 6.92 Å². The molecule has 20 heavy (non-hydrogen) atoms. The van der Waals surface area contributed by atoms with Gasteiger partial charge in [-0.05, 0) is 34.6 Å². The molecular formula is C13H23N2O5. The van der Waals surface area contributed by atoms with Gasteiger partial charge in [0.2, 0.25) is 0 Å². The summed E-state index contributed by atoms with van der Waals surface area (Å²) >= 11 is 0. The number of hydroxylamine groups is 2. The van der Waals surface area contributed by atoms with Crippen molar-refractivity contribution in [2.45, 2.75) is 70.7 Å². The number of carboxylic acid groups (broad SMARTS) is 1. The maximum Gasteiger partial charge on any atom is 0.408 e. The highest BCUT2D eigenvalue weighted by Gasteiger charge is 2.47. The molecule has 0 aromatic carbocycles. The Morgan fingerprint density at radius 1 is 1.25 bits per heavy atom. The first kappa shape index (κ1) is 16.7. The van der Waals surface area contributed by atoms with Crippen LogP contribution in [0.15, 0.2) is 0 Å². The monoisotopic (exact) mass is 287 g/mol. The standard InChI is InChI=1S/C13H23N2O5/c1-8(10(16)17)14-11(18)20-9-6-12(2,3)15(19)13(4,5)7-9/h8-9H,6-7H2,1-5H3,(H,14,18)(H,16,17)/t8-/m0/s1. The maximum absolute atomic E-state index is 12.1. The largest absolute Gasteiger partial charge is 0.480 e. The summed E-state index contributed by atoms with van der Waals surface area (Å²) in [4.78, 5) is 22.3. The number of alkyl carbamates (subject to hydrolysis) is 1. The summed E-state index contributed by atoms with van der Waals surface area (Å²) in [5.74, 6) is -1.13. The Hall–Kier alpha value is -1.34. The molecule has 0 spiro atoms. The van der Waals surface area contributed by atoms with Gasteiger partial charge in [0, 0.05) is 23.9 Å². The number of hydrogen-bond acceptors (Lipinski definition) is 4. The van der Waals surface area contributed by atoms with E-state index in [1.807, 2.05) is 0 Å². The minimum absolute atomic E-state index is 0.411. The van der Waals surface area contributed by atoms with Crippen LogP contribution in [-0.2, 0) is 14.7 Å². The lowest BCUT2D eigenvalue weighted by Crippen LogP contribution is -2.60. The van der Waals surface area contributed by atoms with E-state index < -0.39 is 35.3 Å². The molecule has 1 rings (SSSR count). The highest BCUT2D eigenvalue weighted by atomic mass is 16.6. The van der Waals surface area contributed by atoms with Gasteiger partial charge in [0.05, 0.1) is 0 Å². The van der Waals surface area contributed by atoms with Crippen molar-refractivity contribution >= 4 is 12.1 Å². The molecule has 1 saturated heterocycles. The normalized spacial score (nSPS) is 23.9. The van der Waals surface area contributed by atoms with Crippen LogP contribution >= 0.6 is 0 Å². The smallest absolute Gasteiger partial charge is 0.408 e. The van der Waals surface area contributed by atoms with Gasteiger partial charge < -0.3 is 15.2 Å². The molecule has 2 N–H and O–H groups in total. The Labute approximate surface area is 118 Å². The number of hydrogen-bond donors (Lipinski definition) is 2. The molecule has 0 bridgehead atoms. The molecule has 1 aliphatic rings. The fraction of sp³-hybridized carbons (Fsp3) is 0.846. The topological polar surface area (TPSA) is 98.8 Å². The van der Waals surface area contributed by atoms with Gasteiger partial charge in [-0.1, -0.05) is 0 Å². The SMILES string of the molecule is C[C@H](NC(=O)OC1CC(C)(C)N([O])C(C)(C)C1)C(=O)O. The third kappa shape index (κ3) is 3.83. The summed E-state index contributed by atoms with van der Waals surface area (Å²) in [5.41, 5.74) is -1.27. The van der Waals surface area contributed by atoms with E-state index in [9.17, 15) is 14.8 Å². The zero-order valence-corrected chi connectivity index (χ0v) is 12.6. The van der Waals surface area contributed by atoms with Crippen molar-refractivity contribution in [2.24, 2.45) is 0 Å². The molecule has 1 fully saturated rings. The van der Waals surface area contributed by atoms with Crippen molar-refractivity contribution in [1.29, 1.82) is 0 Å². The number of amides is 1. The average Bonchev–Trinajstić information content (AvgIpc) is 2.24. The van der Waals surface area contributed by atoms with Crippen LogP contribution in [0.3, 0.4) is 0 Å². The minimum Gasteiger partial charge on any atom is -0.480 e. The second-order valence-corrected chi connectivity index (χ2v) is 6.56. The Balaban J connectivity index is 2.65. The number of carbonyl (C=O) groups is 2. The summed E-state index contributed by atoms with van der Waals surface area (Å²) in [6, 6.07) is -1.01. The van der Waals surface area contributed by atoms with Gasteiger partial charge in [0.25, 0.3) is 0 Å². The van der Waals surface area contributed by atoms with Gasteiger partial charge in [-0.25, -0.2) is 4.79 Å². The summed E-state index contributed by atoms with van der Waals surface area (Å²) in [6.45, 7) is 8.56. The van der Waals surface area contributed by atoms with Gasteiger partial charge >= 0.3 is 12.1 Å². The van der Waals surface area contributed by atoms with E-state index in [0.29, 0.717) is 12.8 Å². The van der Waals surface area contributed by atoms with Gasteiger partial charge in [-0.3, -0.25) is 4.79 Å². The number of nitrogens with zero attached hydrogens (tertiary/aromatic N) is 1. The number of rotatable bonds is 3. The van der Waals surface area contributed by atoms with E-state index in [2.05, 4.69) is 5.32 Å². The lowest BCUT2D eigenvalue weighted by molar-refractivity contribution is -0.298. The van der Waals surface area contributed by atoms with Crippen LogP contribution in [0.5, 0.6) is 0 Å². The van der Waals surface area contributed by atoms with E-state index in [-0.39, 0.29) is 0 Å². The second-order valence-electron chi connectivity index (χ2n) is 6.56. The second kappa shape index (κ2) is 5.57. The number of piperidine rings is 1. The predicted molar refractivity (Wildman–Crippen MR) is 70.4 cm³/mol. The Bertz CT molecular complexity index is 376. The summed E-state index contributed by atoms with van der Waals surface area (Å²) in [7, 11) is 0. The van der Waals surface area contributed by atoms with Crippen molar-refractivity contribution in [3.63, 3.8) is 0 Å².